The molecule has 0 aliphatic heterocycles. The summed E-state index contributed by atoms with van der Waals surface area (Å²) in [5, 5.41) is 0. The van der Waals surface area contributed by atoms with E-state index < -0.39 is 0 Å². The Labute approximate surface area is 97.6 Å². The van der Waals surface area contributed by atoms with E-state index in [1.54, 1.807) is 0 Å². The van der Waals surface area contributed by atoms with Gasteiger partial charge in [-0.3, -0.25) is 0 Å². The number of hydrogen-bond acceptors (Lipinski definition) is 1. The summed E-state index contributed by atoms with van der Waals surface area (Å²) < 4.78 is 0. The molecule has 1 nitrogen and oxygen atoms in total. The third-order valence-corrected chi connectivity index (χ3v) is 3.10. The van der Waals surface area contributed by atoms with E-state index >= 15 is 0 Å². The van der Waals surface area contributed by atoms with Crippen molar-refractivity contribution in [2.75, 3.05) is 0 Å². The summed E-state index contributed by atoms with van der Waals surface area (Å²) in [4.78, 5) is 0. The first-order valence-corrected chi connectivity index (χ1v) is 6.81. The van der Waals surface area contributed by atoms with Crippen LogP contribution in [-0.4, -0.2) is 0 Å². The Morgan fingerprint density at radius 2 is 1.13 bits per heavy atom. The van der Waals surface area contributed by atoms with Gasteiger partial charge in [-0.25, -0.2) is 0 Å². The van der Waals surface area contributed by atoms with Crippen LogP contribution in [0.1, 0.15) is 85.0 Å². The molecule has 0 aromatic heterocycles. The van der Waals surface area contributed by atoms with Crippen molar-refractivity contribution in [1.82, 2.24) is 6.15 Å². The molecule has 1 heteroatoms. The minimum absolute atomic E-state index is 0. The lowest BCUT2D eigenvalue weighted by atomic mass is 9.97. The fourth-order valence-electron chi connectivity index (χ4n) is 1.97. The third-order valence-electron chi connectivity index (χ3n) is 3.10. The molecule has 1 atom stereocenters. The van der Waals surface area contributed by atoms with Gasteiger partial charge in [-0.05, 0) is 5.92 Å². The maximum atomic E-state index is 2.42. The summed E-state index contributed by atoms with van der Waals surface area (Å²) in [5.41, 5.74) is 0. The van der Waals surface area contributed by atoms with Crippen molar-refractivity contribution in [2.45, 2.75) is 85.0 Å². The first-order valence-electron chi connectivity index (χ1n) is 6.81. The zero-order valence-electron chi connectivity index (χ0n) is 11.4. The molecule has 0 amide bonds. The van der Waals surface area contributed by atoms with Crippen LogP contribution in [0, 0.1) is 5.92 Å². The molecule has 0 bridgehead atoms. The van der Waals surface area contributed by atoms with Gasteiger partial charge in [0.25, 0.3) is 0 Å². The molecule has 0 spiro atoms. The van der Waals surface area contributed by atoms with Crippen molar-refractivity contribution in [3.63, 3.8) is 0 Å². The van der Waals surface area contributed by atoms with Crippen molar-refractivity contribution in [3.8, 4) is 0 Å². The molecule has 0 aromatic rings. The Balaban J connectivity index is 0. The monoisotopic (exact) mass is 215 g/mol. The molecule has 0 radical (unpaired) electrons. The van der Waals surface area contributed by atoms with E-state index in [4.69, 9.17) is 0 Å². The van der Waals surface area contributed by atoms with Crippen molar-refractivity contribution < 1.29 is 0 Å². The van der Waals surface area contributed by atoms with E-state index in [0.717, 1.165) is 5.92 Å². The van der Waals surface area contributed by atoms with Crippen molar-refractivity contribution in [3.05, 3.63) is 0 Å². The van der Waals surface area contributed by atoms with Gasteiger partial charge in [-0.2, -0.15) is 0 Å². The number of rotatable bonds is 10. The van der Waals surface area contributed by atoms with E-state index in [0.29, 0.717) is 0 Å². The zero-order valence-corrected chi connectivity index (χ0v) is 11.4. The quantitative estimate of drug-likeness (QED) is 0.464. The van der Waals surface area contributed by atoms with Gasteiger partial charge in [0.05, 0.1) is 0 Å². The van der Waals surface area contributed by atoms with Crippen LogP contribution < -0.4 is 6.15 Å². The molecule has 0 aliphatic carbocycles. The molecule has 0 saturated carbocycles. The van der Waals surface area contributed by atoms with Gasteiger partial charge < -0.3 is 6.15 Å². The lowest BCUT2D eigenvalue weighted by Crippen LogP contribution is -1.94. The van der Waals surface area contributed by atoms with Crippen LogP contribution in [0.15, 0.2) is 0 Å². The molecule has 0 aromatic carbocycles. The summed E-state index contributed by atoms with van der Waals surface area (Å²) in [6.45, 7) is 6.99. The number of hydrogen-bond donors (Lipinski definition) is 1. The van der Waals surface area contributed by atoms with Gasteiger partial charge in [-0.1, -0.05) is 85.0 Å². The van der Waals surface area contributed by atoms with Crippen molar-refractivity contribution >= 4 is 0 Å². The van der Waals surface area contributed by atoms with Crippen molar-refractivity contribution in [1.29, 1.82) is 0 Å². The van der Waals surface area contributed by atoms with E-state index in [-0.39, 0.29) is 6.15 Å². The predicted octanol–water partition coefficient (Wildman–Crippen LogP) is 5.73. The highest BCUT2D eigenvalue weighted by Crippen LogP contribution is 2.16. The topological polar surface area (TPSA) is 35.0 Å². The van der Waals surface area contributed by atoms with Crippen LogP contribution in [-0.2, 0) is 0 Å². The second kappa shape index (κ2) is 14.0. The van der Waals surface area contributed by atoms with Gasteiger partial charge in [0.1, 0.15) is 0 Å². The van der Waals surface area contributed by atoms with Crippen LogP contribution in [0.3, 0.4) is 0 Å². The van der Waals surface area contributed by atoms with E-state index in [1.165, 1.54) is 64.2 Å². The average molecular weight is 215 g/mol. The molecule has 0 heterocycles. The first kappa shape index (κ1) is 17.4. The van der Waals surface area contributed by atoms with E-state index in [2.05, 4.69) is 20.8 Å². The SMILES string of the molecule is CCCCCCCCC(C)CCCC.N. The Hall–Kier alpha value is -0.0400. The highest BCUT2D eigenvalue weighted by atomic mass is 14.1. The minimum atomic E-state index is 0. The maximum Gasteiger partial charge on any atom is -0.0443 e. The Morgan fingerprint density at radius 1 is 0.667 bits per heavy atom. The second-order valence-corrected chi connectivity index (χ2v) is 4.80. The second-order valence-electron chi connectivity index (χ2n) is 4.80. The molecular formula is C14H33N. The first-order chi connectivity index (χ1) is 6.81. The summed E-state index contributed by atoms with van der Waals surface area (Å²) >= 11 is 0. The lowest BCUT2D eigenvalue weighted by molar-refractivity contribution is 0.442. The van der Waals surface area contributed by atoms with Crippen molar-refractivity contribution in [2.24, 2.45) is 5.92 Å². The molecule has 3 N–H and O–H groups in total. The minimum Gasteiger partial charge on any atom is -0.344 e. The predicted molar refractivity (Wildman–Crippen MR) is 71.7 cm³/mol. The van der Waals surface area contributed by atoms with Gasteiger partial charge in [0.15, 0.2) is 0 Å². The maximum absolute atomic E-state index is 2.42. The molecule has 0 saturated heterocycles. The normalized spacial score (nSPS) is 12.2. The Kier molecular flexibility index (Phi) is 16.2. The van der Waals surface area contributed by atoms with E-state index in [1.807, 2.05) is 0 Å². The Morgan fingerprint density at radius 3 is 1.73 bits per heavy atom. The van der Waals surface area contributed by atoms with Crippen LogP contribution in [0.25, 0.3) is 0 Å². The largest absolute Gasteiger partial charge is 0.344 e. The van der Waals surface area contributed by atoms with Gasteiger partial charge in [0.2, 0.25) is 0 Å². The molecular weight excluding hydrogens is 182 g/mol. The highest BCUT2D eigenvalue weighted by Gasteiger charge is 2.00. The number of unbranched alkanes of at least 4 members (excludes halogenated alkanes) is 6. The van der Waals surface area contributed by atoms with Crippen LogP contribution in [0.5, 0.6) is 0 Å². The summed E-state index contributed by atoms with van der Waals surface area (Å²) in [6.07, 6.45) is 14.4. The lowest BCUT2D eigenvalue weighted by Gasteiger charge is -2.09. The van der Waals surface area contributed by atoms with E-state index in [9.17, 15) is 0 Å². The molecule has 0 fully saturated rings. The van der Waals surface area contributed by atoms with Crippen LogP contribution >= 0.6 is 0 Å². The smallest absolute Gasteiger partial charge is 0.0443 e. The van der Waals surface area contributed by atoms with Gasteiger partial charge in [0, 0.05) is 0 Å². The third kappa shape index (κ3) is 14.0. The zero-order chi connectivity index (χ0) is 10.6. The highest BCUT2D eigenvalue weighted by molar-refractivity contribution is 4.54. The molecule has 1 unspecified atom stereocenters. The van der Waals surface area contributed by atoms with Crippen LogP contribution in [0.4, 0.5) is 0 Å². The fourth-order valence-corrected chi connectivity index (χ4v) is 1.97. The fraction of sp³-hybridized carbons (Fsp3) is 1.00. The molecule has 0 aliphatic rings. The van der Waals surface area contributed by atoms with Gasteiger partial charge in [-0.15, -0.1) is 0 Å². The Bertz CT molecular complexity index is 102. The summed E-state index contributed by atoms with van der Waals surface area (Å²) in [6, 6.07) is 0. The summed E-state index contributed by atoms with van der Waals surface area (Å²) in [5.74, 6) is 0.973. The van der Waals surface area contributed by atoms with Crippen LogP contribution in [0.2, 0.25) is 0 Å². The average Bonchev–Trinajstić information content (AvgIpc) is 2.20. The standard InChI is InChI=1S/C14H30.H3N/c1-4-6-8-9-10-11-13-14(3)12-7-5-2;/h14H,4-13H2,1-3H3;1H3. The molecule has 94 valence electrons. The summed E-state index contributed by atoms with van der Waals surface area (Å²) in [7, 11) is 0. The molecule has 15 heavy (non-hydrogen) atoms. The van der Waals surface area contributed by atoms with Gasteiger partial charge >= 0.3 is 0 Å². The molecule has 0 rings (SSSR count).